The average molecular weight is 249 g/mol. The van der Waals surface area contributed by atoms with Gasteiger partial charge in [-0.2, -0.15) is 0 Å². The normalized spacial score (nSPS) is 16.9. The number of anilines is 2. The van der Waals surface area contributed by atoms with Crippen LogP contribution in [0.15, 0.2) is 12.4 Å². The van der Waals surface area contributed by atoms with Gasteiger partial charge in [-0.25, -0.2) is 9.97 Å². The second kappa shape index (κ2) is 6.54. The molecule has 1 fully saturated rings. The summed E-state index contributed by atoms with van der Waals surface area (Å²) in [6, 6.07) is 2.03. The molecule has 0 aromatic carbocycles. The topological polar surface area (TPSA) is 67.1 Å². The maximum absolute atomic E-state index is 5.47. The molecule has 18 heavy (non-hydrogen) atoms. The number of nitrogens with zero attached hydrogens (tertiary/aromatic N) is 3. The predicted octanol–water partition coefficient (Wildman–Crippen LogP) is 1.47. The van der Waals surface area contributed by atoms with E-state index in [0.717, 1.165) is 43.6 Å². The molecule has 5 heteroatoms. The van der Waals surface area contributed by atoms with Crippen LogP contribution in [0.1, 0.15) is 26.2 Å². The number of aromatic nitrogens is 2. The van der Waals surface area contributed by atoms with Crippen molar-refractivity contribution in [3.8, 4) is 0 Å². The largest absolute Gasteiger partial charge is 0.370 e. The van der Waals surface area contributed by atoms with Gasteiger partial charge < -0.3 is 16.0 Å². The standard InChI is InChI=1S/C13H23N5/c1-11-3-7-18(8-4-11)13-9-12(16-10-17-13)15-6-2-5-14/h9-11H,2-8,14H2,1H3,(H,15,16,17). The third-order valence-electron chi connectivity index (χ3n) is 3.45. The molecule has 0 bridgehead atoms. The Hall–Kier alpha value is -1.36. The van der Waals surface area contributed by atoms with E-state index >= 15 is 0 Å². The fourth-order valence-corrected chi connectivity index (χ4v) is 2.17. The molecule has 100 valence electrons. The van der Waals surface area contributed by atoms with Crippen LogP contribution in [-0.2, 0) is 0 Å². The molecule has 2 heterocycles. The highest BCUT2D eigenvalue weighted by Crippen LogP contribution is 2.22. The molecule has 1 saturated heterocycles. The number of hydrogen-bond donors (Lipinski definition) is 2. The van der Waals surface area contributed by atoms with E-state index < -0.39 is 0 Å². The van der Waals surface area contributed by atoms with Crippen molar-refractivity contribution in [1.29, 1.82) is 0 Å². The molecule has 1 aliphatic rings. The third kappa shape index (κ3) is 3.57. The first kappa shape index (κ1) is 13.1. The predicted molar refractivity (Wildman–Crippen MR) is 74.8 cm³/mol. The smallest absolute Gasteiger partial charge is 0.134 e. The second-order valence-electron chi connectivity index (χ2n) is 5.00. The van der Waals surface area contributed by atoms with E-state index in [-0.39, 0.29) is 0 Å². The first-order valence-electron chi connectivity index (χ1n) is 6.80. The maximum atomic E-state index is 5.47. The highest BCUT2D eigenvalue weighted by molar-refractivity contribution is 5.48. The van der Waals surface area contributed by atoms with Crippen molar-refractivity contribution < 1.29 is 0 Å². The van der Waals surface area contributed by atoms with Gasteiger partial charge >= 0.3 is 0 Å². The zero-order valence-electron chi connectivity index (χ0n) is 11.1. The molecule has 2 rings (SSSR count). The van der Waals surface area contributed by atoms with Crippen LogP contribution in [0.3, 0.4) is 0 Å². The van der Waals surface area contributed by atoms with E-state index in [0.29, 0.717) is 6.54 Å². The minimum atomic E-state index is 0.703. The van der Waals surface area contributed by atoms with E-state index in [1.807, 2.05) is 6.07 Å². The lowest BCUT2D eigenvalue weighted by atomic mass is 9.99. The fraction of sp³-hybridized carbons (Fsp3) is 0.692. The van der Waals surface area contributed by atoms with Gasteiger partial charge in [-0.05, 0) is 31.7 Å². The Labute approximate surface area is 109 Å². The molecule has 1 aromatic heterocycles. The summed E-state index contributed by atoms with van der Waals surface area (Å²) in [4.78, 5) is 10.9. The summed E-state index contributed by atoms with van der Waals surface area (Å²) >= 11 is 0. The van der Waals surface area contributed by atoms with Crippen molar-refractivity contribution in [2.75, 3.05) is 36.4 Å². The Morgan fingerprint density at radius 2 is 2.17 bits per heavy atom. The summed E-state index contributed by atoms with van der Waals surface area (Å²) in [7, 11) is 0. The summed E-state index contributed by atoms with van der Waals surface area (Å²) in [6.45, 7) is 6.08. The SMILES string of the molecule is CC1CCN(c2cc(NCCCN)ncn2)CC1. The van der Waals surface area contributed by atoms with Gasteiger partial charge in [0.2, 0.25) is 0 Å². The lowest BCUT2D eigenvalue weighted by Crippen LogP contribution is -2.33. The molecule has 0 atom stereocenters. The van der Waals surface area contributed by atoms with Crippen LogP contribution in [-0.4, -0.2) is 36.1 Å². The Morgan fingerprint density at radius 1 is 1.39 bits per heavy atom. The number of piperidine rings is 1. The van der Waals surface area contributed by atoms with E-state index in [1.165, 1.54) is 12.8 Å². The zero-order valence-corrected chi connectivity index (χ0v) is 11.1. The van der Waals surface area contributed by atoms with Gasteiger partial charge in [0, 0.05) is 25.7 Å². The Balaban J connectivity index is 1.94. The fourth-order valence-electron chi connectivity index (χ4n) is 2.17. The molecule has 0 unspecified atom stereocenters. The van der Waals surface area contributed by atoms with Crippen molar-refractivity contribution in [2.45, 2.75) is 26.2 Å². The van der Waals surface area contributed by atoms with Crippen molar-refractivity contribution in [3.63, 3.8) is 0 Å². The molecule has 0 radical (unpaired) electrons. The summed E-state index contributed by atoms with van der Waals surface area (Å²) in [5.41, 5.74) is 5.47. The number of nitrogens with two attached hydrogens (primary N) is 1. The van der Waals surface area contributed by atoms with Crippen molar-refractivity contribution in [1.82, 2.24) is 9.97 Å². The summed E-state index contributed by atoms with van der Waals surface area (Å²) in [5.74, 6) is 2.77. The van der Waals surface area contributed by atoms with Crippen LogP contribution in [0.5, 0.6) is 0 Å². The highest BCUT2D eigenvalue weighted by atomic mass is 15.2. The van der Waals surface area contributed by atoms with Gasteiger partial charge in [-0.15, -0.1) is 0 Å². The van der Waals surface area contributed by atoms with Gasteiger partial charge in [0.1, 0.15) is 18.0 Å². The van der Waals surface area contributed by atoms with Gasteiger partial charge in [-0.3, -0.25) is 0 Å². The highest BCUT2D eigenvalue weighted by Gasteiger charge is 2.17. The van der Waals surface area contributed by atoms with E-state index in [4.69, 9.17) is 5.73 Å². The number of nitrogens with one attached hydrogen (secondary N) is 1. The molecule has 0 amide bonds. The first-order valence-corrected chi connectivity index (χ1v) is 6.80. The van der Waals surface area contributed by atoms with E-state index in [2.05, 4.69) is 27.1 Å². The van der Waals surface area contributed by atoms with Crippen LogP contribution >= 0.6 is 0 Å². The van der Waals surface area contributed by atoms with Crippen molar-refractivity contribution >= 4 is 11.6 Å². The van der Waals surface area contributed by atoms with Gasteiger partial charge in [0.25, 0.3) is 0 Å². The van der Waals surface area contributed by atoms with Gasteiger partial charge in [-0.1, -0.05) is 6.92 Å². The third-order valence-corrected chi connectivity index (χ3v) is 3.45. The van der Waals surface area contributed by atoms with Gasteiger partial charge in [0.05, 0.1) is 0 Å². The second-order valence-corrected chi connectivity index (χ2v) is 5.00. The molecular weight excluding hydrogens is 226 g/mol. The minimum absolute atomic E-state index is 0.703. The maximum Gasteiger partial charge on any atom is 0.134 e. The van der Waals surface area contributed by atoms with E-state index in [1.54, 1.807) is 6.33 Å². The first-order chi connectivity index (χ1) is 8.79. The molecule has 5 nitrogen and oxygen atoms in total. The number of hydrogen-bond acceptors (Lipinski definition) is 5. The Morgan fingerprint density at radius 3 is 2.89 bits per heavy atom. The summed E-state index contributed by atoms with van der Waals surface area (Å²) in [5, 5.41) is 3.28. The zero-order chi connectivity index (χ0) is 12.8. The Kier molecular flexibility index (Phi) is 4.75. The van der Waals surface area contributed by atoms with Crippen LogP contribution in [0.2, 0.25) is 0 Å². The molecule has 0 aliphatic carbocycles. The molecule has 0 saturated carbocycles. The van der Waals surface area contributed by atoms with Crippen LogP contribution in [0.4, 0.5) is 11.6 Å². The monoisotopic (exact) mass is 249 g/mol. The lowest BCUT2D eigenvalue weighted by Gasteiger charge is -2.31. The molecule has 1 aliphatic heterocycles. The van der Waals surface area contributed by atoms with Crippen LogP contribution in [0.25, 0.3) is 0 Å². The van der Waals surface area contributed by atoms with E-state index in [9.17, 15) is 0 Å². The van der Waals surface area contributed by atoms with Gasteiger partial charge in [0.15, 0.2) is 0 Å². The number of rotatable bonds is 5. The molecule has 0 spiro atoms. The average Bonchev–Trinajstić information content (AvgIpc) is 2.40. The lowest BCUT2D eigenvalue weighted by molar-refractivity contribution is 0.436. The summed E-state index contributed by atoms with van der Waals surface area (Å²) in [6.07, 6.45) is 5.10. The molecule has 3 N–H and O–H groups in total. The van der Waals surface area contributed by atoms with Crippen molar-refractivity contribution in [3.05, 3.63) is 12.4 Å². The van der Waals surface area contributed by atoms with Crippen molar-refractivity contribution in [2.24, 2.45) is 11.7 Å². The Bertz CT molecular complexity index is 360. The minimum Gasteiger partial charge on any atom is -0.370 e. The molecule has 1 aromatic rings. The quantitative estimate of drug-likeness (QED) is 0.774. The van der Waals surface area contributed by atoms with Crippen LogP contribution < -0.4 is 16.0 Å². The van der Waals surface area contributed by atoms with Crippen LogP contribution in [0, 0.1) is 5.92 Å². The summed E-state index contributed by atoms with van der Waals surface area (Å²) < 4.78 is 0. The molecular formula is C13H23N5.